The van der Waals surface area contributed by atoms with Crippen LogP contribution < -0.4 is 5.73 Å². The topological polar surface area (TPSA) is 66.6 Å². The number of hydrogen-bond acceptors (Lipinski definition) is 3. The molecule has 1 aliphatic carbocycles. The molecule has 6 heteroatoms. The minimum absolute atomic E-state index is 0.131. The minimum atomic E-state index is -2.83. The summed E-state index contributed by atoms with van der Waals surface area (Å²) in [7, 11) is 0. The molecule has 1 heterocycles. The lowest BCUT2D eigenvalue weighted by Gasteiger charge is -2.38. The molecule has 4 nitrogen and oxygen atoms in total. The predicted octanol–water partition coefficient (Wildman–Crippen LogP) is 2.82. The van der Waals surface area contributed by atoms with E-state index in [9.17, 15) is 18.7 Å². The number of carbonyl (C=O) groups excluding carboxylic acids is 1. The number of rotatable bonds is 5. The molecule has 0 radical (unpaired) electrons. The van der Waals surface area contributed by atoms with Crippen molar-refractivity contribution in [1.29, 1.82) is 0 Å². The number of halogens is 2. The van der Waals surface area contributed by atoms with Gasteiger partial charge >= 0.3 is 0 Å². The molecule has 1 aromatic rings. The molecule has 0 aromatic heterocycles. The van der Waals surface area contributed by atoms with Crippen LogP contribution in [0.4, 0.5) is 8.78 Å². The SMILES string of the molecule is NCCC1=CCN(C(=O)C(O)(c2ccccc2)C2CCC(F)(F)C2)CC1. The number of carbonyl (C=O) groups is 1. The number of nitrogens with two attached hydrogens (primary N) is 1. The van der Waals surface area contributed by atoms with Crippen molar-refractivity contribution in [2.45, 2.75) is 43.6 Å². The lowest BCUT2D eigenvalue weighted by atomic mass is 9.78. The van der Waals surface area contributed by atoms with Crippen LogP contribution in [0.25, 0.3) is 0 Å². The first-order valence-electron chi connectivity index (χ1n) is 9.20. The summed E-state index contributed by atoms with van der Waals surface area (Å²) in [5, 5.41) is 11.4. The first kappa shape index (κ1) is 19.0. The first-order valence-corrected chi connectivity index (χ1v) is 9.20. The number of amides is 1. The molecule has 3 rings (SSSR count). The molecule has 2 atom stereocenters. The third-order valence-electron chi connectivity index (χ3n) is 5.59. The zero-order valence-corrected chi connectivity index (χ0v) is 14.8. The monoisotopic (exact) mass is 364 g/mol. The second-order valence-electron chi connectivity index (χ2n) is 7.33. The lowest BCUT2D eigenvalue weighted by Crippen LogP contribution is -2.52. The van der Waals surface area contributed by atoms with Crippen LogP contribution in [0.2, 0.25) is 0 Å². The van der Waals surface area contributed by atoms with E-state index < -0.39 is 29.8 Å². The maximum absolute atomic E-state index is 13.8. The zero-order valence-electron chi connectivity index (χ0n) is 14.8. The van der Waals surface area contributed by atoms with Gasteiger partial charge in [-0.2, -0.15) is 0 Å². The van der Waals surface area contributed by atoms with E-state index in [-0.39, 0.29) is 12.8 Å². The average Bonchev–Trinajstić information content (AvgIpc) is 3.02. The normalized spacial score (nSPS) is 24.8. The fourth-order valence-electron chi connectivity index (χ4n) is 4.08. The van der Waals surface area contributed by atoms with Crippen LogP contribution in [-0.2, 0) is 10.4 Å². The Bertz CT molecular complexity index is 678. The van der Waals surface area contributed by atoms with Gasteiger partial charge in [0.1, 0.15) is 0 Å². The van der Waals surface area contributed by atoms with Gasteiger partial charge in [0.2, 0.25) is 5.92 Å². The molecule has 3 N–H and O–H groups in total. The summed E-state index contributed by atoms with van der Waals surface area (Å²) >= 11 is 0. The third kappa shape index (κ3) is 3.67. The van der Waals surface area contributed by atoms with Gasteiger partial charge in [-0.3, -0.25) is 4.79 Å². The Balaban J connectivity index is 1.88. The van der Waals surface area contributed by atoms with Gasteiger partial charge in [0.05, 0.1) is 0 Å². The Labute approximate surface area is 152 Å². The minimum Gasteiger partial charge on any atom is -0.375 e. The standard InChI is InChI=1S/C20H26F2N2O2/c21-19(22)10-6-17(14-19)20(26,16-4-2-1-3-5-16)18(25)24-12-8-15(7-11-23)9-13-24/h1-5,8,17,26H,6-7,9-14,23H2. The van der Waals surface area contributed by atoms with Crippen molar-refractivity contribution in [3.63, 3.8) is 0 Å². The molecule has 1 fully saturated rings. The predicted molar refractivity (Wildman–Crippen MR) is 95.6 cm³/mol. The highest BCUT2D eigenvalue weighted by atomic mass is 19.3. The fraction of sp³-hybridized carbons (Fsp3) is 0.550. The van der Waals surface area contributed by atoms with Gasteiger partial charge < -0.3 is 15.7 Å². The molecule has 0 spiro atoms. The van der Waals surface area contributed by atoms with Crippen LogP contribution in [-0.4, -0.2) is 41.5 Å². The van der Waals surface area contributed by atoms with Gasteiger partial charge in [0.25, 0.3) is 5.91 Å². The van der Waals surface area contributed by atoms with Crippen molar-refractivity contribution >= 4 is 5.91 Å². The van der Waals surface area contributed by atoms with Gasteiger partial charge in [-0.15, -0.1) is 0 Å². The maximum atomic E-state index is 13.8. The van der Waals surface area contributed by atoms with E-state index in [1.807, 2.05) is 6.08 Å². The van der Waals surface area contributed by atoms with E-state index in [1.54, 1.807) is 35.2 Å². The van der Waals surface area contributed by atoms with Gasteiger partial charge in [-0.05, 0) is 31.4 Å². The maximum Gasteiger partial charge on any atom is 0.259 e. The van der Waals surface area contributed by atoms with Crippen molar-refractivity contribution in [2.24, 2.45) is 11.7 Å². The summed E-state index contributed by atoms with van der Waals surface area (Å²) in [6.07, 6.45) is 2.83. The smallest absolute Gasteiger partial charge is 0.259 e. The van der Waals surface area contributed by atoms with E-state index in [0.717, 1.165) is 6.42 Å². The van der Waals surface area contributed by atoms with Crippen LogP contribution in [0.3, 0.4) is 0 Å². The third-order valence-corrected chi connectivity index (χ3v) is 5.59. The summed E-state index contributed by atoms with van der Waals surface area (Å²) in [4.78, 5) is 14.8. The van der Waals surface area contributed by atoms with Gasteiger partial charge in [0.15, 0.2) is 5.60 Å². The fourth-order valence-corrected chi connectivity index (χ4v) is 4.08. The second kappa shape index (κ2) is 7.45. The number of hydrogen-bond donors (Lipinski definition) is 2. The van der Waals surface area contributed by atoms with Crippen LogP contribution in [0, 0.1) is 5.92 Å². The Morgan fingerprint density at radius 1 is 1.35 bits per heavy atom. The largest absolute Gasteiger partial charge is 0.375 e. The summed E-state index contributed by atoms with van der Waals surface area (Å²) in [6.45, 7) is 1.42. The van der Waals surface area contributed by atoms with Crippen LogP contribution >= 0.6 is 0 Å². The van der Waals surface area contributed by atoms with Crippen molar-refractivity contribution in [1.82, 2.24) is 4.90 Å². The molecule has 142 valence electrons. The van der Waals surface area contributed by atoms with Gasteiger partial charge in [0, 0.05) is 31.8 Å². The molecule has 2 aliphatic rings. The van der Waals surface area contributed by atoms with Gasteiger partial charge in [-0.1, -0.05) is 42.0 Å². The molecule has 1 aromatic carbocycles. The van der Waals surface area contributed by atoms with Gasteiger partial charge in [-0.25, -0.2) is 8.78 Å². The summed E-state index contributed by atoms with van der Waals surface area (Å²) in [5.74, 6) is -4.10. The Morgan fingerprint density at radius 3 is 2.62 bits per heavy atom. The molecule has 1 saturated carbocycles. The highest BCUT2D eigenvalue weighted by molar-refractivity contribution is 5.87. The Kier molecular flexibility index (Phi) is 5.44. The van der Waals surface area contributed by atoms with E-state index in [1.165, 1.54) is 5.57 Å². The van der Waals surface area contributed by atoms with Crippen molar-refractivity contribution in [3.05, 3.63) is 47.5 Å². The Hall–Kier alpha value is -1.79. The number of nitrogens with zero attached hydrogens (tertiary/aromatic N) is 1. The summed E-state index contributed by atoms with van der Waals surface area (Å²) < 4.78 is 27.6. The van der Waals surface area contributed by atoms with Crippen molar-refractivity contribution < 1.29 is 18.7 Å². The van der Waals surface area contributed by atoms with Crippen LogP contribution in [0.1, 0.15) is 37.7 Å². The van der Waals surface area contributed by atoms with E-state index in [4.69, 9.17) is 5.73 Å². The second-order valence-corrected chi connectivity index (χ2v) is 7.33. The summed E-state index contributed by atoms with van der Waals surface area (Å²) in [5.41, 5.74) is 5.25. The average molecular weight is 364 g/mol. The van der Waals surface area contributed by atoms with Crippen molar-refractivity contribution in [3.8, 4) is 0 Å². The lowest BCUT2D eigenvalue weighted by molar-refractivity contribution is -0.160. The molecule has 0 saturated heterocycles. The quantitative estimate of drug-likeness (QED) is 0.790. The number of aliphatic hydroxyl groups is 1. The van der Waals surface area contributed by atoms with E-state index in [2.05, 4.69) is 0 Å². The zero-order chi connectivity index (χ0) is 18.8. The van der Waals surface area contributed by atoms with E-state index in [0.29, 0.717) is 31.6 Å². The molecule has 2 unspecified atom stereocenters. The number of benzene rings is 1. The molecular formula is C20H26F2N2O2. The molecule has 0 bridgehead atoms. The van der Waals surface area contributed by atoms with E-state index >= 15 is 0 Å². The summed E-state index contributed by atoms with van der Waals surface area (Å²) in [6, 6.07) is 8.51. The first-order chi connectivity index (χ1) is 12.4. The van der Waals surface area contributed by atoms with Crippen LogP contribution in [0.15, 0.2) is 42.0 Å². The van der Waals surface area contributed by atoms with Crippen molar-refractivity contribution in [2.75, 3.05) is 19.6 Å². The number of alkyl halides is 2. The molecular weight excluding hydrogens is 338 g/mol. The Morgan fingerprint density at radius 2 is 2.08 bits per heavy atom. The molecule has 1 amide bonds. The highest BCUT2D eigenvalue weighted by Gasteiger charge is 2.54. The molecule has 26 heavy (non-hydrogen) atoms. The van der Waals surface area contributed by atoms with Crippen LogP contribution in [0.5, 0.6) is 0 Å². The highest BCUT2D eigenvalue weighted by Crippen LogP contribution is 2.48. The molecule has 1 aliphatic heterocycles.